The Hall–Kier alpha value is -1.56. The molecule has 2 aromatic rings. The summed E-state index contributed by atoms with van der Waals surface area (Å²) in [6.45, 7) is 1.58. The number of hydrogen-bond donors (Lipinski definition) is 1. The second kappa shape index (κ2) is 4.85. The second-order valence-corrected chi connectivity index (χ2v) is 5.57. The van der Waals surface area contributed by atoms with Gasteiger partial charge in [0.15, 0.2) is 0 Å². The van der Waals surface area contributed by atoms with Crippen molar-refractivity contribution >= 4 is 27.4 Å². The molecule has 0 bridgehead atoms. The standard InChI is InChI=1S/C13H11F3O2S/c1-7(12(17)18)4-10-6-8-5-9(13(14,15)16)2-3-11(8)19-10/h2-3,5-7H,4H2,1H3,(H,17,18). The third-order valence-corrected chi connectivity index (χ3v) is 3.96. The number of rotatable bonds is 3. The van der Waals surface area contributed by atoms with E-state index in [2.05, 4.69) is 0 Å². The Kier molecular flexibility index (Phi) is 3.54. The molecule has 2 rings (SSSR count). The average Bonchev–Trinajstić information content (AvgIpc) is 2.68. The Morgan fingerprint density at radius 3 is 2.63 bits per heavy atom. The van der Waals surface area contributed by atoms with E-state index < -0.39 is 23.6 Å². The van der Waals surface area contributed by atoms with Crippen LogP contribution in [0.4, 0.5) is 13.2 Å². The van der Waals surface area contributed by atoms with Crippen LogP contribution in [0, 0.1) is 5.92 Å². The molecule has 1 aromatic carbocycles. The number of fused-ring (bicyclic) bond motifs is 1. The SMILES string of the molecule is CC(Cc1cc2cc(C(F)(F)F)ccc2s1)C(=O)O. The van der Waals surface area contributed by atoms with Gasteiger partial charge in [0, 0.05) is 9.58 Å². The number of aliphatic carboxylic acids is 1. The first-order valence-corrected chi connectivity index (χ1v) is 6.41. The number of hydrogen-bond acceptors (Lipinski definition) is 2. The first-order chi connectivity index (χ1) is 8.77. The van der Waals surface area contributed by atoms with E-state index in [1.807, 2.05) is 0 Å². The van der Waals surface area contributed by atoms with Gasteiger partial charge in [-0.2, -0.15) is 13.2 Å². The van der Waals surface area contributed by atoms with Crippen molar-refractivity contribution in [2.75, 3.05) is 0 Å². The first-order valence-electron chi connectivity index (χ1n) is 5.60. The number of halogens is 3. The molecule has 0 amide bonds. The maximum absolute atomic E-state index is 12.6. The van der Waals surface area contributed by atoms with E-state index in [0.29, 0.717) is 11.8 Å². The molecule has 102 valence electrons. The number of carboxylic acids is 1. The summed E-state index contributed by atoms with van der Waals surface area (Å²) in [7, 11) is 0. The molecule has 1 heterocycles. The summed E-state index contributed by atoms with van der Waals surface area (Å²) in [6, 6.07) is 5.20. The van der Waals surface area contributed by atoms with Crippen LogP contribution in [0.1, 0.15) is 17.4 Å². The minimum Gasteiger partial charge on any atom is -0.481 e. The molecule has 0 saturated carbocycles. The molecule has 6 heteroatoms. The lowest BCUT2D eigenvalue weighted by Gasteiger charge is -2.05. The van der Waals surface area contributed by atoms with Crippen LogP contribution in [0.25, 0.3) is 10.1 Å². The minimum atomic E-state index is -4.36. The van der Waals surface area contributed by atoms with Gasteiger partial charge in [0.05, 0.1) is 11.5 Å². The fourth-order valence-corrected chi connectivity index (χ4v) is 2.94. The van der Waals surface area contributed by atoms with E-state index in [0.717, 1.165) is 21.7 Å². The van der Waals surface area contributed by atoms with E-state index in [-0.39, 0.29) is 0 Å². The Morgan fingerprint density at radius 1 is 1.37 bits per heavy atom. The lowest BCUT2D eigenvalue weighted by atomic mass is 10.1. The zero-order chi connectivity index (χ0) is 14.2. The molecule has 1 N–H and O–H groups in total. The van der Waals surface area contributed by atoms with Crippen LogP contribution in [-0.2, 0) is 17.4 Å². The zero-order valence-corrected chi connectivity index (χ0v) is 10.8. The van der Waals surface area contributed by atoms with Crippen LogP contribution in [0.2, 0.25) is 0 Å². The van der Waals surface area contributed by atoms with E-state index in [1.54, 1.807) is 13.0 Å². The van der Waals surface area contributed by atoms with Crippen molar-refractivity contribution in [1.29, 1.82) is 0 Å². The summed E-state index contributed by atoms with van der Waals surface area (Å²) in [5.41, 5.74) is -0.685. The van der Waals surface area contributed by atoms with Crippen molar-refractivity contribution in [2.45, 2.75) is 19.5 Å². The fraction of sp³-hybridized carbons (Fsp3) is 0.308. The number of carbonyl (C=O) groups is 1. The topological polar surface area (TPSA) is 37.3 Å². The van der Waals surface area contributed by atoms with Gasteiger partial charge < -0.3 is 5.11 Å². The highest BCUT2D eigenvalue weighted by Gasteiger charge is 2.30. The summed E-state index contributed by atoms with van der Waals surface area (Å²) < 4.78 is 38.4. The van der Waals surface area contributed by atoms with Crippen LogP contribution in [-0.4, -0.2) is 11.1 Å². The van der Waals surface area contributed by atoms with Crippen molar-refractivity contribution in [1.82, 2.24) is 0 Å². The van der Waals surface area contributed by atoms with Gasteiger partial charge in [0.25, 0.3) is 0 Å². The number of alkyl halides is 3. The summed E-state index contributed by atoms with van der Waals surface area (Å²) in [6.07, 6.45) is -4.03. The summed E-state index contributed by atoms with van der Waals surface area (Å²) >= 11 is 1.33. The highest BCUT2D eigenvalue weighted by Crippen LogP contribution is 2.34. The fourth-order valence-electron chi connectivity index (χ4n) is 1.76. The molecule has 0 spiro atoms. The monoisotopic (exact) mass is 288 g/mol. The second-order valence-electron chi connectivity index (χ2n) is 4.41. The van der Waals surface area contributed by atoms with Crippen molar-refractivity contribution in [3.63, 3.8) is 0 Å². The largest absolute Gasteiger partial charge is 0.481 e. The summed E-state index contributed by atoms with van der Waals surface area (Å²) in [5.74, 6) is -1.46. The van der Waals surface area contributed by atoms with Crippen LogP contribution in [0.5, 0.6) is 0 Å². The predicted molar refractivity (Wildman–Crippen MR) is 67.3 cm³/mol. The molecular weight excluding hydrogens is 277 g/mol. The average molecular weight is 288 g/mol. The van der Waals surface area contributed by atoms with E-state index in [9.17, 15) is 18.0 Å². The van der Waals surface area contributed by atoms with Crippen molar-refractivity contribution < 1.29 is 23.1 Å². The Morgan fingerprint density at radius 2 is 2.05 bits per heavy atom. The number of thiophene rings is 1. The minimum absolute atomic E-state index is 0.329. The Bertz CT molecular complexity index is 616. The molecule has 0 aliphatic heterocycles. The maximum Gasteiger partial charge on any atom is 0.416 e. The first kappa shape index (κ1) is 13.9. The Balaban J connectivity index is 2.33. The molecule has 19 heavy (non-hydrogen) atoms. The van der Waals surface area contributed by atoms with E-state index in [1.165, 1.54) is 17.4 Å². The summed E-state index contributed by atoms with van der Waals surface area (Å²) in [4.78, 5) is 11.5. The highest BCUT2D eigenvalue weighted by molar-refractivity contribution is 7.19. The van der Waals surface area contributed by atoms with Crippen molar-refractivity contribution in [3.05, 3.63) is 34.7 Å². The van der Waals surface area contributed by atoms with Gasteiger partial charge in [-0.3, -0.25) is 4.79 Å². The lowest BCUT2D eigenvalue weighted by Crippen LogP contribution is -2.11. The third-order valence-electron chi connectivity index (χ3n) is 2.82. The molecule has 0 saturated heterocycles. The normalized spacial score (nSPS) is 13.7. The quantitative estimate of drug-likeness (QED) is 0.919. The van der Waals surface area contributed by atoms with Crippen LogP contribution >= 0.6 is 11.3 Å². The highest BCUT2D eigenvalue weighted by atomic mass is 32.1. The van der Waals surface area contributed by atoms with Crippen molar-refractivity contribution in [3.8, 4) is 0 Å². The van der Waals surface area contributed by atoms with Crippen molar-refractivity contribution in [2.24, 2.45) is 5.92 Å². The molecule has 0 radical (unpaired) electrons. The predicted octanol–water partition coefficient (Wildman–Crippen LogP) is 4.18. The van der Waals surface area contributed by atoms with E-state index in [4.69, 9.17) is 5.11 Å². The van der Waals surface area contributed by atoms with Gasteiger partial charge in [-0.1, -0.05) is 6.92 Å². The molecule has 1 aromatic heterocycles. The molecule has 2 nitrogen and oxygen atoms in total. The lowest BCUT2D eigenvalue weighted by molar-refractivity contribution is -0.141. The van der Waals surface area contributed by atoms with E-state index >= 15 is 0 Å². The molecule has 1 unspecified atom stereocenters. The Labute approximate surface area is 111 Å². The molecule has 1 atom stereocenters. The third kappa shape index (κ3) is 3.07. The molecule has 0 aliphatic carbocycles. The van der Waals surface area contributed by atoms with Gasteiger partial charge in [-0.05, 0) is 36.1 Å². The number of carboxylic acid groups (broad SMARTS) is 1. The van der Waals surface area contributed by atoms with Gasteiger partial charge in [-0.15, -0.1) is 11.3 Å². The van der Waals surface area contributed by atoms with Crippen LogP contribution in [0.3, 0.4) is 0 Å². The smallest absolute Gasteiger partial charge is 0.416 e. The molecule has 0 fully saturated rings. The summed E-state index contributed by atoms with van der Waals surface area (Å²) in [5, 5.41) is 9.33. The van der Waals surface area contributed by atoms with Gasteiger partial charge in [-0.25, -0.2) is 0 Å². The van der Waals surface area contributed by atoms with Crippen LogP contribution < -0.4 is 0 Å². The van der Waals surface area contributed by atoms with Gasteiger partial charge in [0.2, 0.25) is 0 Å². The van der Waals surface area contributed by atoms with Gasteiger partial charge in [0.1, 0.15) is 0 Å². The maximum atomic E-state index is 12.6. The molecule has 0 aliphatic rings. The van der Waals surface area contributed by atoms with Gasteiger partial charge >= 0.3 is 12.1 Å². The van der Waals surface area contributed by atoms with Crippen LogP contribution in [0.15, 0.2) is 24.3 Å². The number of benzene rings is 1. The molecular formula is C13H11F3O2S. The zero-order valence-electron chi connectivity index (χ0n) is 9.99.